The van der Waals surface area contributed by atoms with Gasteiger partial charge in [0, 0.05) is 6.04 Å². The molecular weight excluding hydrogens is 214 g/mol. The topological polar surface area (TPSA) is 68.8 Å². The Kier molecular flexibility index (Phi) is 3.11. The number of nitrogens with zero attached hydrogens (tertiary/aromatic N) is 3. The van der Waals surface area contributed by atoms with Gasteiger partial charge < -0.3 is 11.1 Å². The Morgan fingerprint density at radius 2 is 2.06 bits per heavy atom. The number of nitrogens with two attached hydrogens (primary N) is 1. The normalized spacial score (nSPS) is 34.1. The zero-order chi connectivity index (χ0) is 11.7. The van der Waals surface area contributed by atoms with Crippen LogP contribution in [0.5, 0.6) is 0 Å². The van der Waals surface area contributed by atoms with Crippen molar-refractivity contribution in [2.75, 3.05) is 6.54 Å². The molecule has 17 heavy (non-hydrogen) atoms. The summed E-state index contributed by atoms with van der Waals surface area (Å²) in [4.78, 5) is 0. The lowest BCUT2D eigenvalue weighted by Gasteiger charge is -2.25. The van der Waals surface area contributed by atoms with Crippen molar-refractivity contribution in [3.05, 3.63) is 11.9 Å². The maximum atomic E-state index is 5.92. The van der Waals surface area contributed by atoms with Crippen molar-refractivity contribution in [2.24, 2.45) is 5.73 Å². The van der Waals surface area contributed by atoms with E-state index in [1.54, 1.807) is 0 Å². The summed E-state index contributed by atoms with van der Waals surface area (Å²) in [5, 5.41) is 12.1. The molecule has 2 fully saturated rings. The van der Waals surface area contributed by atoms with Crippen LogP contribution < -0.4 is 11.1 Å². The molecule has 1 aromatic rings. The lowest BCUT2D eigenvalue weighted by atomic mass is 9.92. The van der Waals surface area contributed by atoms with E-state index in [0.29, 0.717) is 18.1 Å². The van der Waals surface area contributed by atoms with Crippen LogP contribution in [-0.2, 0) is 0 Å². The van der Waals surface area contributed by atoms with Crippen LogP contribution in [0.3, 0.4) is 0 Å². The molecule has 1 aromatic heterocycles. The van der Waals surface area contributed by atoms with Crippen LogP contribution in [0.4, 0.5) is 0 Å². The minimum Gasteiger partial charge on any atom is -0.328 e. The molecule has 1 atom stereocenters. The Bertz CT molecular complexity index is 361. The van der Waals surface area contributed by atoms with E-state index >= 15 is 0 Å². The lowest BCUT2D eigenvalue weighted by Crippen LogP contribution is -2.28. The van der Waals surface area contributed by atoms with Gasteiger partial charge in [0.05, 0.1) is 24.0 Å². The van der Waals surface area contributed by atoms with Crippen molar-refractivity contribution in [3.63, 3.8) is 0 Å². The van der Waals surface area contributed by atoms with Gasteiger partial charge >= 0.3 is 0 Å². The van der Waals surface area contributed by atoms with Crippen LogP contribution in [0.25, 0.3) is 0 Å². The van der Waals surface area contributed by atoms with Gasteiger partial charge in [-0.15, -0.1) is 5.10 Å². The molecule has 5 heteroatoms. The number of hydrogen-bond donors (Lipinski definition) is 2. The van der Waals surface area contributed by atoms with Crippen LogP contribution in [-0.4, -0.2) is 27.6 Å². The average molecular weight is 235 g/mol. The molecule has 2 aliphatic rings. The highest BCUT2D eigenvalue weighted by atomic mass is 15.4. The summed E-state index contributed by atoms with van der Waals surface area (Å²) in [5.41, 5.74) is 7.03. The molecule has 1 saturated heterocycles. The standard InChI is InChI=1S/C12H21N5/c13-9-3-5-10(6-4-9)17-8-12(15-16-17)11-2-1-7-14-11/h8-11,14H,1-7,13H2. The van der Waals surface area contributed by atoms with E-state index in [1.165, 1.54) is 12.8 Å². The maximum absolute atomic E-state index is 5.92. The van der Waals surface area contributed by atoms with Crippen molar-refractivity contribution in [3.8, 4) is 0 Å². The fourth-order valence-electron chi connectivity index (χ4n) is 2.93. The second-order valence-electron chi connectivity index (χ2n) is 5.34. The van der Waals surface area contributed by atoms with E-state index in [2.05, 4.69) is 26.5 Å². The first-order valence-corrected chi connectivity index (χ1v) is 6.73. The van der Waals surface area contributed by atoms with Crippen molar-refractivity contribution in [1.82, 2.24) is 20.3 Å². The van der Waals surface area contributed by atoms with Gasteiger partial charge in [0.25, 0.3) is 0 Å². The quantitative estimate of drug-likeness (QED) is 0.806. The van der Waals surface area contributed by atoms with Crippen molar-refractivity contribution < 1.29 is 0 Å². The number of aromatic nitrogens is 3. The highest BCUT2D eigenvalue weighted by Crippen LogP contribution is 2.28. The third-order valence-electron chi connectivity index (χ3n) is 4.06. The third kappa shape index (κ3) is 2.35. The maximum Gasteiger partial charge on any atom is 0.0996 e. The first-order valence-electron chi connectivity index (χ1n) is 6.73. The molecule has 3 rings (SSSR count). The van der Waals surface area contributed by atoms with Gasteiger partial charge in [-0.05, 0) is 45.1 Å². The molecule has 5 nitrogen and oxygen atoms in total. The Morgan fingerprint density at radius 1 is 1.24 bits per heavy atom. The average Bonchev–Trinajstić information content (AvgIpc) is 3.00. The Labute approximate surface area is 102 Å². The first-order chi connectivity index (χ1) is 8.33. The lowest BCUT2D eigenvalue weighted by molar-refractivity contribution is 0.300. The molecule has 1 unspecified atom stereocenters. The smallest absolute Gasteiger partial charge is 0.0996 e. The molecule has 0 spiro atoms. The van der Waals surface area contributed by atoms with Crippen LogP contribution in [0.2, 0.25) is 0 Å². The number of nitrogens with one attached hydrogen (secondary N) is 1. The minimum atomic E-state index is 0.394. The highest BCUT2D eigenvalue weighted by Gasteiger charge is 2.23. The molecule has 1 aliphatic carbocycles. The molecule has 0 bridgehead atoms. The minimum absolute atomic E-state index is 0.394. The predicted molar refractivity (Wildman–Crippen MR) is 65.5 cm³/mol. The first kappa shape index (κ1) is 11.2. The van der Waals surface area contributed by atoms with Gasteiger partial charge in [-0.3, -0.25) is 0 Å². The van der Waals surface area contributed by atoms with Crippen LogP contribution in [0.1, 0.15) is 56.3 Å². The summed E-state index contributed by atoms with van der Waals surface area (Å²) < 4.78 is 2.06. The molecule has 1 aliphatic heterocycles. The van der Waals surface area contributed by atoms with E-state index < -0.39 is 0 Å². The van der Waals surface area contributed by atoms with Crippen molar-refractivity contribution in [1.29, 1.82) is 0 Å². The third-order valence-corrected chi connectivity index (χ3v) is 4.06. The molecule has 94 valence electrons. The fourth-order valence-corrected chi connectivity index (χ4v) is 2.93. The summed E-state index contributed by atoms with van der Waals surface area (Å²) in [6, 6.07) is 1.33. The SMILES string of the molecule is NC1CCC(n2cc(C3CCCN3)nn2)CC1. The van der Waals surface area contributed by atoms with Crippen LogP contribution in [0, 0.1) is 0 Å². The number of rotatable bonds is 2. The van der Waals surface area contributed by atoms with E-state index in [-0.39, 0.29) is 0 Å². The van der Waals surface area contributed by atoms with Gasteiger partial charge in [-0.1, -0.05) is 5.21 Å². The Balaban J connectivity index is 1.67. The van der Waals surface area contributed by atoms with E-state index in [4.69, 9.17) is 5.73 Å². The van der Waals surface area contributed by atoms with E-state index in [1.807, 2.05) is 0 Å². The molecule has 2 heterocycles. The molecule has 0 radical (unpaired) electrons. The predicted octanol–water partition coefficient (Wildman–Crippen LogP) is 1.14. The molecule has 3 N–H and O–H groups in total. The van der Waals surface area contributed by atoms with Gasteiger partial charge in [-0.25, -0.2) is 4.68 Å². The summed E-state index contributed by atoms with van der Waals surface area (Å²) >= 11 is 0. The largest absolute Gasteiger partial charge is 0.328 e. The molecule has 0 aromatic carbocycles. The second kappa shape index (κ2) is 4.74. The van der Waals surface area contributed by atoms with Gasteiger partial charge in [0.1, 0.15) is 0 Å². The van der Waals surface area contributed by atoms with Gasteiger partial charge in [-0.2, -0.15) is 0 Å². The van der Waals surface area contributed by atoms with Gasteiger partial charge in [0.2, 0.25) is 0 Å². The monoisotopic (exact) mass is 235 g/mol. The Morgan fingerprint density at radius 3 is 2.76 bits per heavy atom. The van der Waals surface area contributed by atoms with E-state index in [0.717, 1.165) is 37.9 Å². The summed E-state index contributed by atoms with van der Waals surface area (Å²) in [7, 11) is 0. The van der Waals surface area contributed by atoms with Gasteiger partial charge in [0.15, 0.2) is 0 Å². The highest BCUT2D eigenvalue weighted by molar-refractivity contribution is 5.03. The van der Waals surface area contributed by atoms with Crippen molar-refractivity contribution >= 4 is 0 Å². The molecular formula is C12H21N5. The zero-order valence-electron chi connectivity index (χ0n) is 10.2. The molecule has 1 saturated carbocycles. The van der Waals surface area contributed by atoms with E-state index in [9.17, 15) is 0 Å². The Hall–Kier alpha value is -0.940. The summed E-state index contributed by atoms with van der Waals surface area (Å²) in [6.45, 7) is 1.11. The van der Waals surface area contributed by atoms with Crippen LogP contribution >= 0.6 is 0 Å². The second-order valence-corrected chi connectivity index (χ2v) is 5.34. The zero-order valence-corrected chi connectivity index (χ0v) is 10.2. The summed E-state index contributed by atoms with van der Waals surface area (Å²) in [5.74, 6) is 0. The molecule has 0 amide bonds. The van der Waals surface area contributed by atoms with Crippen LogP contribution in [0.15, 0.2) is 6.20 Å². The summed E-state index contributed by atoms with van der Waals surface area (Å²) in [6.07, 6.45) is 9.07. The number of hydrogen-bond acceptors (Lipinski definition) is 4. The van der Waals surface area contributed by atoms with Crippen molar-refractivity contribution in [2.45, 2.75) is 56.7 Å². The fraction of sp³-hybridized carbons (Fsp3) is 0.833.